The molecule has 1 N–H and O–H groups in total. The lowest BCUT2D eigenvalue weighted by atomic mass is 9.98. The van der Waals surface area contributed by atoms with E-state index >= 15 is 0 Å². The second-order valence-corrected chi connectivity index (χ2v) is 5.78. The van der Waals surface area contributed by atoms with Crippen molar-refractivity contribution in [3.05, 3.63) is 54.4 Å². The number of nitrogens with zero attached hydrogens (tertiary/aromatic N) is 2. The van der Waals surface area contributed by atoms with Crippen LogP contribution in [0.4, 0.5) is 5.69 Å². The van der Waals surface area contributed by atoms with E-state index in [2.05, 4.69) is 27.3 Å². The van der Waals surface area contributed by atoms with Gasteiger partial charge in [-0.2, -0.15) is 0 Å². The van der Waals surface area contributed by atoms with Crippen LogP contribution in [0.5, 0.6) is 5.75 Å². The third-order valence-corrected chi connectivity index (χ3v) is 4.19. The highest BCUT2D eigenvalue weighted by Crippen LogP contribution is 2.28. The summed E-state index contributed by atoms with van der Waals surface area (Å²) in [5.41, 5.74) is 2.10. The van der Waals surface area contributed by atoms with Gasteiger partial charge in [0, 0.05) is 24.6 Å². The van der Waals surface area contributed by atoms with Crippen molar-refractivity contribution in [2.45, 2.75) is 12.3 Å². The fourth-order valence-corrected chi connectivity index (χ4v) is 2.96. The van der Waals surface area contributed by atoms with Crippen LogP contribution in [0.15, 0.2) is 48.8 Å². The number of anilines is 1. The number of pyridine rings is 1. The van der Waals surface area contributed by atoms with Crippen molar-refractivity contribution >= 4 is 11.6 Å². The molecule has 5 heteroatoms. The van der Waals surface area contributed by atoms with Crippen LogP contribution in [0.2, 0.25) is 0 Å². The quantitative estimate of drug-likeness (QED) is 0.922. The maximum atomic E-state index is 12.1. The molecule has 23 heavy (non-hydrogen) atoms. The fourth-order valence-electron chi connectivity index (χ4n) is 2.96. The first kappa shape index (κ1) is 15.5. The standard InChI is InChI=1S/C18H21N3O2/c1-23-17-4-2-14(3-5-17)15-8-11-21(12-15)13-18(22)20-16-6-9-19-10-7-16/h2-7,9-10,15H,8,11-13H2,1H3,(H,19,20,22)/t15-/m0/s1. The number of methoxy groups -OCH3 is 1. The lowest BCUT2D eigenvalue weighted by molar-refractivity contribution is -0.117. The molecule has 5 nitrogen and oxygen atoms in total. The summed E-state index contributed by atoms with van der Waals surface area (Å²) in [6, 6.07) is 11.8. The van der Waals surface area contributed by atoms with Crippen LogP contribution in [-0.2, 0) is 4.79 Å². The van der Waals surface area contributed by atoms with Gasteiger partial charge in [0.25, 0.3) is 0 Å². The van der Waals surface area contributed by atoms with Gasteiger partial charge in [0.1, 0.15) is 5.75 Å². The Morgan fingerprint density at radius 2 is 2.00 bits per heavy atom. The monoisotopic (exact) mass is 311 g/mol. The predicted molar refractivity (Wildman–Crippen MR) is 89.7 cm³/mol. The van der Waals surface area contributed by atoms with Gasteiger partial charge in [0.15, 0.2) is 0 Å². The van der Waals surface area contributed by atoms with Crippen LogP contribution in [-0.4, -0.2) is 42.5 Å². The summed E-state index contributed by atoms with van der Waals surface area (Å²) in [5.74, 6) is 1.38. The van der Waals surface area contributed by atoms with E-state index in [9.17, 15) is 4.79 Å². The Labute approximate surface area is 136 Å². The molecule has 1 amide bonds. The normalized spacial score (nSPS) is 17.9. The van der Waals surface area contributed by atoms with Gasteiger partial charge in [0.05, 0.1) is 13.7 Å². The summed E-state index contributed by atoms with van der Waals surface area (Å²) in [7, 11) is 1.67. The lowest BCUT2D eigenvalue weighted by Gasteiger charge is -2.16. The average Bonchev–Trinajstić information content (AvgIpc) is 3.04. The van der Waals surface area contributed by atoms with Crippen LogP contribution in [0.25, 0.3) is 0 Å². The highest BCUT2D eigenvalue weighted by atomic mass is 16.5. The van der Waals surface area contributed by atoms with E-state index in [-0.39, 0.29) is 5.91 Å². The van der Waals surface area contributed by atoms with Crippen molar-refractivity contribution in [3.8, 4) is 5.75 Å². The van der Waals surface area contributed by atoms with E-state index in [0.29, 0.717) is 12.5 Å². The summed E-state index contributed by atoms with van der Waals surface area (Å²) >= 11 is 0. The van der Waals surface area contributed by atoms with E-state index in [1.807, 2.05) is 12.1 Å². The largest absolute Gasteiger partial charge is 0.497 e. The van der Waals surface area contributed by atoms with Gasteiger partial charge >= 0.3 is 0 Å². The summed E-state index contributed by atoms with van der Waals surface area (Å²) < 4.78 is 5.19. The maximum absolute atomic E-state index is 12.1. The van der Waals surface area contributed by atoms with Gasteiger partial charge in [-0.3, -0.25) is 14.7 Å². The molecular weight excluding hydrogens is 290 g/mol. The van der Waals surface area contributed by atoms with Crippen molar-refractivity contribution in [3.63, 3.8) is 0 Å². The molecule has 1 atom stereocenters. The van der Waals surface area contributed by atoms with Gasteiger partial charge in [0.2, 0.25) is 5.91 Å². The first-order chi connectivity index (χ1) is 11.2. The molecule has 0 radical (unpaired) electrons. The Hall–Kier alpha value is -2.40. The Morgan fingerprint density at radius 1 is 1.26 bits per heavy atom. The average molecular weight is 311 g/mol. The number of carbonyl (C=O) groups is 1. The van der Waals surface area contributed by atoms with Crippen LogP contribution >= 0.6 is 0 Å². The minimum atomic E-state index is 0.0200. The Balaban J connectivity index is 1.52. The third-order valence-electron chi connectivity index (χ3n) is 4.19. The molecule has 0 spiro atoms. The molecule has 0 aliphatic carbocycles. The number of likely N-dealkylation sites (tertiary alicyclic amines) is 1. The van der Waals surface area contributed by atoms with Crippen LogP contribution in [0.3, 0.4) is 0 Å². The van der Waals surface area contributed by atoms with Gasteiger partial charge in [-0.25, -0.2) is 0 Å². The number of rotatable bonds is 5. The molecular formula is C18H21N3O2. The van der Waals surface area contributed by atoms with Crippen molar-refractivity contribution < 1.29 is 9.53 Å². The molecule has 1 aliphatic rings. The van der Waals surface area contributed by atoms with Gasteiger partial charge < -0.3 is 10.1 Å². The fraction of sp³-hybridized carbons (Fsp3) is 0.333. The van der Waals surface area contributed by atoms with E-state index < -0.39 is 0 Å². The number of benzene rings is 1. The highest BCUT2D eigenvalue weighted by Gasteiger charge is 2.25. The van der Waals surface area contributed by atoms with Crippen molar-refractivity contribution in [1.29, 1.82) is 0 Å². The van der Waals surface area contributed by atoms with E-state index in [0.717, 1.165) is 30.9 Å². The molecule has 2 heterocycles. The Morgan fingerprint density at radius 3 is 2.70 bits per heavy atom. The third kappa shape index (κ3) is 4.07. The van der Waals surface area contributed by atoms with Crippen LogP contribution in [0, 0.1) is 0 Å². The highest BCUT2D eigenvalue weighted by molar-refractivity contribution is 5.92. The maximum Gasteiger partial charge on any atom is 0.238 e. The topological polar surface area (TPSA) is 54.5 Å². The van der Waals surface area contributed by atoms with E-state index in [4.69, 9.17) is 4.74 Å². The second-order valence-electron chi connectivity index (χ2n) is 5.78. The molecule has 1 aromatic heterocycles. The lowest BCUT2D eigenvalue weighted by Crippen LogP contribution is -2.31. The number of hydrogen-bond donors (Lipinski definition) is 1. The molecule has 1 aliphatic heterocycles. The Kier molecular flexibility index (Phi) is 4.88. The van der Waals surface area contributed by atoms with E-state index in [1.54, 1.807) is 31.6 Å². The number of ether oxygens (including phenoxy) is 1. The molecule has 0 unspecified atom stereocenters. The molecule has 1 aromatic carbocycles. The molecule has 0 bridgehead atoms. The minimum absolute atomic E-state index is 0.0200. The molecule has 120 valence electrons. The van der Waals surface area contributed by atoms with E-state index in [1.165, 1.54) is 5.56 Å². The van der Waals surface area contributed by atoms with Gasteiger partial charge in [-0.15, -0.1) is 0 Å². The zero-order valence-corrected chi connectivity index (χ0v) is 13.2. The summed E-state index contributed by atoms with van der Waals surface area (Å²) in [4.78, 5) is 18.2. The number of aromatic nitrogens is 1. The predicted octanol–water partition coefficient (Wildman–Crippen LogP) is 2.52. The van der Waals surface area contributed by atoms with Crippen molar-refractivity contribution in [2.24, 2.45) is 0 Å². The summed E-state index contributed by atoms with van der Waals surface area (Å²) in [6.07, 6.45) is 4.42. The molecule has 2 aromatic rings. The van der Waals surface area contributed by atoms with Crippen LogP contribution in [0.1, 0.15) is 17.9 Å². The Bertz CT molecular complexity index is 643. The number of carbonyl (C=O) groups excluding carboxylic acids is 1. The van der Waals surface area contributed by atoms with Crippen LogP contribution < -0.4 is 10.1 Å². The SMILES string of the molecule is COc1ccc([C@H]2CCN(CC(=O)Nc3ccncc3)C2)cc1. The minimum Gasteiger partial charge on any atom is -0.497 e. The number of hydrogen-bond acceptors (Lipinski definition) is 4. The summed E-state index contributed by atoms with van der Waals surface area (Å²) in [6.45, 7) is 2.28. The molecule has 1 fully saturated rings. The van der Waals surface area contributed by atoms with Gasteiger partial charge in [-0.1, -0.05) is 12.1 Å². The van der Waals surface area contributed by atoms with Gasteiger partial charge in [-0.05, 0) is 48.7 Å². The van der Waals surface area contributed by atoms with Crippen molar-refractivity contribution in [2.75, 3.05) is 32.1 Å². The zero-order valence-electron chi connectivity index (χ0n) is 13.2. The molecule has 1 saturated heterocycles. The second kappa shape index (κ2) is 7.24. The first-order valence-corrected chi connectivity index (χ1v) is 7.81. The zero-order chi connectivity index (χ0) is 16.1. The number of amides is 1. The summed E-state index contributed by atoms with van der Waals surface area (Å²) in [5, 5.41) is 2.90. The first-order valence-electron chi connectivity index (χ1n) is 7.81. The smallest absolute Gasteiger partial charge is 0.238 e. The molecule has 0 saturated carbocycles. The number of nitrogens with one attached hydrogen (secondary N) is 1. The van der Waals surface area contributed by atoms with Crippen molar-refractivity contribution in [1.82, 2.24) is 9.88 Å². The molecule has 3 rings (SSSR count).